The van der Waals surface area contributed by atoms with Crippen molar-refractivity contribution >= 4 is 10.9 Å². The fourth-order valence-electron chi connectivity index (χ4n) is 2.92. The summed E-state index contributed by atoms with van der Waals surface area (Å²) in [5.41, 5.74) is 12.3. The van der Waals surface area contributed by atoms with Gasteiger partial charge in [-0.1, -0.05) is 42.0 Å². The molecule has 1 atom stereocenters. The van der Waals surface area contributed by atoms with Crippen LogP contribution in [0, 0.1) is 13.8 Å². The second kappa shape index (κ2) is 5.14. The van der Waals surface area contributed by atoms with E-state index >= 15 is 0 Å². The lowest BCUT2D eigenvalue weighted by atomic mass is 9.91. The number of benzene rings is 2. The second-order valence-corrected chi connectivity index (χ2v) is 5.46. The molecule has 0 saturated heterocycles. The maximum Gasteiger partial charge on any atom is 0.0456 e. The molecule has 102 valence electrons. The number of aromatic nitrogens is 1. The average molecular weight is 264 g/mol. The van der Waals surface area contributed by atoms with Gasteiger partial charge < -0.3 is 10.7 Å². The molecular formula is C18H20N2. The average Bonchev–Trinajstić information content (AvgIpc) is 2.85. The zero-order valence-electron chi connectivity index (χ0n) is 12.0. The summed E-state index contributed by atoms with van der Waals surface area (Å²) in [7, 11) is 0. The molecule has 0 bridgehead atoms. The van der Waals surface area contributed by atoms with Crippen LogP contribution >= 0.6 is 0 Å². The highest BCUT2D eigenvalue weighted by Crippen LogP contribution is 2.28. The van der Waals surface area contributed by atoms with Crippen molar-refractivity contribution in [3.63, 3.8) is 0 Å². The SMILES string of the molecule is Cc1ccc(C(CN)c2cc3ccccc3[nH]2)c(C)c1. The zero-order valence-corrected chi connectivity index (χ0v) is 12.0. The molecule has 1 heterocycles. The molecule has 0 aliphatic carbocycles. The number of para-hydroxylation sites is 1. The Morgan fingerprint density at radius 2 is 1.85 bits per heavy atom. The lowest BCUT2D eigenvalue weighted by Gasteiger charge is -2.17. The third-order valence-electron chi connectivity index (χ3n) is 3.96. The van der Waals surface area contributed by atoms with Crippen LogP contribution in [0.5, 0.6) is 0 Å². The molecule has 3 N–H and O–H groups in total. The minimum atomic E-state index is 0.225. The van der Waals surface area contributed by atoms with Crippen molar-refractivity contribution in [1.82, 2.24) is 4.98 Å². The van der Waals surface area contributed by atoms with Gasteiger partial charge >= 0.3 is 0 Å². The highest BCUT2D eigenvalue weighted by Gasteiger charge is 2.16. The molecule has 0 amide bonds. The van der Waals surface area contributed by atoms with E-state index in [4.69, 9.17) is 5.73 Å². The minimum Gasteiger partial charge on any atom is -0.358 e. The first-order valence-electron chi connectivity index (χ1n) is 7.04. The van der Waals surface area contributed by atoms with E-state index in [1.807, 2.05) is 0 Å². The van der Waals surface area contributed by atoms with Crippen molar-refractivity contribution < 1.29 is 0 Å². The van der Waals surface area contributed by atoms with Gasteiger partial charge in [-0.2, -0.15) is 0 Å². The van der Waals surface area contributed by atoms with Gasteiger partial charge in [0.2, 0.25) is 0 Å². The molecule has 1 aromatic heterocycles. The molecule has 1 unspecified atom stereocenters. The highest BCUT2D eigenvalue weighted by molar-refractivity contribution is 5.80. The Bertz CT molecular complexity index is 707. The quantitative estimate of drug-likeness (QED) is 0.740. The molecular weight excluding hydrogens is 244 g/mol. The van der Waals surface area contributed by atoms with Gasteiger partial charge in [-0.25, -0.2) is 0 Å². The number of aryl methyl sites for hydroxylation is 2. The maximum absolute atomic E-state index is 6.05. The van der Waals surface area contributed by atoms with E-state index in [0.717, 1.165) is 0 Å². The van der Waals surface area contributed by atoms with Crippen LogP contribution in [0.1, 0.15) is 28.3 Å². The summed E-state index contributed by atoms with van der Waals surface area (Å²) in [6, 6.07) is 17.2. The number of rotatable bonds is 3. The molecule has 20 heavy (non-hydrogen) atoms. The van der Waals surface area contributed by atoms with Gasteiger partial charge in [0.1, 0.15) is 0 Å². The molecule has 0 radical (unpaired) electrons. The number of nitrogens with one attached hydrogen (secondary N) is 1. The first kappa shape index (κ1) is 12.9. The van der Waals surface area contributed by atoms with E-state index in [1.54, 1.807) is 0 Å². The summed E-state index contributed by atoms with van der Waals surface area (Å²) >= 11 is 0. The van der Waals surface area contributed by atoms with Crippen LogP contribution in [0.2, 0.25) is 0 Å². The lowest BCUT2D eigenvalue weighted by molar-refractivity contribution is 0.790. The normalized spacial score (nSPS) is 12.8. The molecule has 2 aromatic carbocycles. The number of hydrogen-bond acceptors (Lipinski definition) is 1. The standard InChI is InChI=1S/C18H20N2/c1-12-7-8-15(13(2)9-12)16(11-19)18-10-14-5-3-4-6-17(14)20-18/h3-10,16,20H,11,19H2,1-2H3. The van der Waals surface area contributed by atoms with Crippen molar-refractivity contribution in [2.75, 3.05) is 6.54 Å². The number of fused-ring (bicyclic) bond motifs is 1. The van der Waals surface area contributed by atoms with Crippen LogP contribution in [0.3, 0.4) is 0 Å². The van der Waals surface area contributed by atoms with Crippen molar-refractivity contribution in [3.05, 3.63) is 70.9 Å². The Hall–Kier alpha value is -2.06. The van der Waals surface area contributed by atoms with Gasteiger partial charge in [-0.05, 0) is 42.5 Å². The van der Waals surface area contributed by atoms with Crippen LogP contribution in [0.25, 0.3) is 10.9 Å². The van der Waals surface area contributed by atoms with Crippen molar-refractivity contribution in [2.45, 2.75) is 19.8 Å². The smallest absolute Gasteiger partial charge is 0.0456 e. The van der Waals surface area contributed by atoms with Crippen molar-refractivity contribution in [2.24, 2.45) is 5.73 Å². The summed E-state index contributed by atoms with van der Waals surface area (Å²) in [6.07, 6.45) is 0. The monoisotopic (exact) mass is 264 g/mol. The Morgan fingerprint density at radius 3 is 2.55 bits per heavy atom. The molecule has 0 spiro atoms. The summed E-state index contributed by atoms with van der Waals surface area (Å²) in [5, 5.41) is 1.24. The Labute approximate surface area is 119 Å². The number of nitrogens with two attached hydrogens (primary N) is 1. The predicted molar refractivity (Wildman–Crippen MR) is 85.1 cm³/mol. The fraction of sp³-hybridized carbons (Fsp3) is 0.222. The van der Waals surface area contributed by atoms with Crippen LogP contribution in [0.15, 0.2) is 48.5 Å². The van der Waals surface area contributed by atoms with E-state index < -0.39 is 0 Å². The third-order valence-corrected chi connectivity index (χ3v) is 3.96. The summed E-state index contributed by atoms with van der Waals surface area (Å²) in [6.45, 7) is 4.89. The van der Waals surface area contributed by atoms with Crippen LogP contribution in [-0.4, -0.2) is 11.5 Å². The predicted octanol–water partition coefficient (Wildman–Crippen LogP) is 3.88. The van der Waals surface area contributed by atoms with E-state index in [2.05, 4.69) is 67.4 Å². The van der Waals surface area contributed by atoms with Gasteiger partial charge in [0, 0.05) is 23.7 Å². The Morgan fingerprint density at radius 1 is 1.05 bits per heavy atom. The third kappa shape index (κ3) is 2.23. The van der Waals surface area contributed by atoms with Crippen LogP contribution in [0.4, 0.5) is 0 Å². The Balaban J connectivity index is 2.08. The summed E-state index contributed by atoms with van der Waals surface area (Å²) < 4.78 is 0. The second-order valence-electron chi connectivity index (χ2n) is 5.46. The van der Waals surface area contributed by atoms with E-state index in [-0.39, 0.29) is 5.92 Å². The van der Waals surface area contributed by atoms with E-state index in [1.165, 1.54) is 33.3 Å². The molecule has 0 aliphatic heterocycles. The number of aromatic amines is 1. The van der Waals surface area contributed by atoms with Gasteiger partial charge in [0.15, 0.2) is 0 Å². The van der Waals surface area contributed by atoms with Gasteiger partial charge in [-0.15, -0.1) is 0 Å². The number of H-pyrrole nitrogens is 1. The lowest BCUT2D eigenvalue weighted by Crippen LogP contribution is -2.15. The molecule has 0 fully saturated rings. The topological polar surface area (TPSA) is 41.8 Å². The minimum absolute atomic E-state index is 0.225. The molecule has 0 saturated carbocycles. The number of hydrogen-bond donors (Lipinski definition) is 2. The van der Waals surface area contributed by atoms with E-state index in [9.17, 15) is 0 Å². The summed E-state index contributed by atoms with van der Waals surface area (Å²) in [4.78, 5) is 3.51. The zero-order chi connectivity index (χ0) is 14.1. The summed E-state index contributed by atoms with van der Waals surface area (Å²) in [5.74, 6) is 0.225. The molecule has 2 heteroatoms. The van der Waals surface area contributed by atoms with Crippen LogP contribution in [-0.2, 0) is 0 Å². The molecule has 2 nitrogen and oxygen atoms in total. The first-order chi connectivity index (χ1) is 9.69. The van der Waals surface area contributed by atoms with Gasteiger partial charge in [0.05, 0.1) is 0 Å². The molecule has 3 aromatic rings. The van der Waals surface area contributed by atoms with Crippen molar-refractivity contribution in [1.29, 1.82) is 0 Å². The molecule has 3 rings (SSSR count). The molecule has 0 aliphatic rings. The first-order valence-corrected chi connectivity index (χ1v) is 7.04. The van der Waals surface area contributed by atoms with Gasteiger partial charge in [-0.3, -0.25) is 0 Å². The Kier molecular flexibility index (Phi) is 3.33. The van der Waals surface area contributed by atoms with Crippen LogP contribution < -0.4 is 5.73 Å². The maximum atomic E-state index is 6.05. The fourth-order valence-corrected chi connectivity index (χ4v) is 2.92. The largest absolute Gasteiger partial charge is 0.358 e. The van der Waals surface area contributed by atoms with Crippen molar-refractivity contribution in [3.8, 4) is 0 Å². The van der Waals surface area contributed by atoms with E-state index in [0.29, 0.717) is 6.54 Å². The van der Waals surface area contributed by atoms with Gasteiger partial charge in [0.25, 0.3) is 0 Å². The highest BCUT2D eigenvalue weighted by atomic mass is 14.7.